The highest BCUT2D eigenvalue weighted by molar-refractivity contribution is 6.30. The van der Waals surface area contributed by atoms with Gasteiger partial charge in [0.15, 0.2) is 5.65 Å². The summed E-state index contributed by atoms with van der Waals surface area (Å²) in [6, 6.07) is 15.7. The number of nitrogens with one attached hydrogen (secondary N) is 1. The minimum atomic E-state index is -0.271. The third-order valence-corrected chi connectivity index (χ3v) is 4.09. The fraction of sp³-hybridized carbons (Fsp3) is 0.0526. The SMILES string of the molecule is Cc1cc(Nc2cccc(Cl)c2)n2ncc(-c3ccc(F)cc3)c2n1. The Morgan fingerprint density at radius 2 is 1.88 bits per heavy atom. The van der Waals surface area contributed by atoms with Gasteiger partial charge in [-0.2, -0.15) is 9.61 Å². The second-order valence-electron chi connectivity index (χ2n) is 5.72. The third kappa shape index (κ3) is 3.06. The smallest absolute Gasteiger partial charge is 0.165 e. The number of hydrogen-bond acceptors (Lipinski definition) is 3. The Balaban J connectivity index is 1.82. The number of aryl methyl sites for hydroxylation is 1. The molecule has 25 heavy (non-hydrogen) atoms. The van der Waals surface area contributed by atoms with Crippen LogP contribution < -0.4 is 5.32 Å². The molecular weight excluding hydrogens is 339 g/mol. The average Bonchev–Trinajstić information content (AvgIpc) is 2.99. The standard InChI is InChI=1S/C19H14ClFN4/c1-12-9-18(24-16-4-2-3-14(20)10-16)25-19(23-12)17(11-22-25)13-5-7-15(21)8-6-13/h2-11,24H,1H3. The Kier molecular flexibility index (Phi) is 3.86. The average molecular weight is 353 g/mol. The molecule has 0 amide bonds. The predicted octanol–water partition coefficient (Wildman–Crippen LogP) is 5.24. The monoisotopic (exact) mass is 352 g/mol. The van der Waals surface area contributed by atoms with Crippen molar-refractivity contribution >= 4 is 28.8 Å². The van der Waals surface area contributed by atoms with Crippen molar-refractivity contribution in [2.75, 3.05) is 5.32 Å². The van der Waals surface area contributed by atoms with Crippen LogP contribution in [-0.2, 0) is 0 Å². The molecule has 0 aliphatic heterocycles. The molecule has 2 aromatic heterocycles. The topological polar surface area (TPSA) is 42.2 Å². The van der Waals surface area contributed by atoms with Gasteiger partial charge in [-0.1, -0.05) is 29.8 Å². The molecule has 0 spiro atoms. The van der Waals surface area contributed by atoms with E-state index in [0.717, 1.165) is 28.3 Å². The maximum atomic E-state index is 13.2. The normalized spacial score (nSPS) is 11.0. The first kappa shape index (κ1) is 15.6. The van der Waals surface area contributed by atoms with Crippen LogP contribution in [0, 0.1) is 12.7 Å². The van der Waals surface area contributed by atoms with Gasteiger partial charge in [0.05, 0.1) is 6.20 Å². The number of nitrogens with zero attached hydrogens (tertiary/aromatic N) is 3. The number of hydrogen-bond donors (Lipinski definition) is 1. The predicted molar refractivity (Wildman–Crippen MR) is 97.9 cm³/mol. The van der Waals surface area contributed by atoms with Crippen LogP contribution in [0.5, 0.6) is 0 Å². The van der Waals surface area contributed by atoms with E-state index in [2.05, 4.69) is 15.4 Å². The molecule has 0 fully saturated rings. The van der Waals surface area contributed by atoms with Gasteiger partial charge in [0.1, 0.15) is 11.6 Å². The largest absolute Gasteiger partial charge is 0.340 e. The molecule has 4 nitrogen and oxygen atoms in total. The Labute approximate surface area is 148 Å². The van der Waals surface area contributed by atoms with Crippen LogP contribution in [0.1, 0.15) is 5.69 Å². The van der Waals surface area contributed by atoms with Crippen molar-refractivity contribution in [1.82, 2.24) is 14.6 Å². The minimum Gasteiger partial charge on any atom is -0.340 e. The quantitative estimate of drug-likeness (QED) is 0.548. The molecule has 0 aliphatic carbocycles. The lowest BCUT2D eigenvalue weighted by Gasteiger charge is -2.10. The highest BCUT2D eigenvalue weighted by Crippen LogP contribution is 2.27. The molecule has 2 heterocycles. The van der Waals surface area contributed by atoms with Crippen LogP contribution in [0.15, 0.2) is 60.8 Å². The minimum absolute atomic E-state index is 0.271. The molecule has 0 saturated heterocycles. The Morgan fingerprint density at radius 1 is 1.08 bits per heavy atom. The van der Waals surface area contributed by atoms with E-state index in [1.165, 1.54) is 12.1 Å². The lowest BCUT2D eigenvalue weighted by Crippen LogP contribution is -2.02. The summed E-state index contributed by atoms with van der Waals surface area (Å²) in [5, 5.41) is 8.41. The molecule has 1 N–H and O–H groups in total. The summed E-state index contributed by atoms with van der Waals surface area (Å²) in [6.07, 6.45) is 1.73. The van der Waals surface area contributed by atoms with Gasteiger partial charge in [-0.15, -0.1) is 0 Å². The molecule has 6 heteroatoms. The van der Waals surface area contributed by atoms with E-state index >= 15 is 0 Å². The van der Waals surface area contributed by atoms with Crippen molar-refractivity contribution in [1.29, 1.82) is 0 Å². The Morgan fingerprint density at radius 3 is 2.64 bits per heavy atom. The van der Waals surface area contributed by atoms with Gasteiger partial charge >= 0.3 is 0 Å². The summed E-state index contributed by atoms with van der Waals surface area (Å²) in [5.41, 5.74) is 4.12. The fourth-order valence-corrected chi connectivity index (χ4v) is 2.91. The Hall–Kier alpha value is -2.92. The van der Waals surface area contributed by atoms with Gasteiger partial charge in [-0.3, -0.25) is 0 Å². The van der Waals surface area contributed by atoms with Gasteiger partial charge in [-0.05, 0) is 42.8 Å². The number of anilines is 2. The second kappa shape index (κ2) is 6.18. The van der Waals surface area contributed by atoms with E-state index in [0.29, 0.717) is 10.7 Å². The molecule has 0 radical (unpaired) electrons. The third-order valence-electron chi connectivity index (χ3n) is 3.85. The van der Waals surface area contributed by atoms with Gasteiger partial charge < -0.3 is 5.32 Å². The molecule has 0 bridgehead atoms. The summed E-state index contributed by atoms with van der Waals surface area (Å²) in [4.78, 5) is 4.59. The highest BCUT2D eigenvalue weighted by Gasteiger charge is 2.12. The van der Waals surface area contributed by atoms with E-state index in [1.807, 2.05) is 37.3 Å². The van der Waals surface area contributed by atoms with Crippen LogP contribution >= 0.6 is 11.6 Å². The van der Waals surface area contributed by atoms with Crippen molar-refractivity contribution in [3.63, 3.8) is 0 Å². The van der Waals surface area contributed by atoms with Crippen LogP contribution in [0.2, 0.25) is 5.02 Å². The maximum absolute atomic E-state index is 13.2. The zero-order chi connectivity index (χ0) is 17.4. The zero-order valence-electron chi connectivity index (χ0n) is 13.4. The Bertz CT molecular complexity index is 1060. The highest BCUT2D eigenvalue weighted by atomic mass is 35.5. The van der Waals surface area contributed by atoms with E-state index in [9.17, 15) is 4.39 Å². The molecule has 2 aromatic carbocycles. The van der Waals surface area contributed by atoms with Crippen molar-refractivity contribution in [2.45, 2.75) is 6.92 Å². The van der Waals surface area contributed by atoms with Gasteiger partial charge in [0.2, 0.25) is 0 Å². The summed E-state index contributed by atoms with van der Waals surface area (Å²) in [5.74, 6) is 0.505. The molecule has 0 unspecified atom stereocenters. The molecule has 4 aromatic rings. The number of aromatic nitrogens is 3. The van der Waals surface area contributed by atoms with Crippen molar-refractivity contribution in [3.05, 3.63) is 77.3 Å². The molecule has 124 valence electrons. The van der Waals surface area contributed by atoms with E-state index in [4.69, 9.17) is 11.6 Å². The van der Waals surface area contributed by atoms with Gasteiger partial charge in [0, 0.05) is 28.0 Å². The lowest BCUT2D eigenvalue weighted by molar-refractivity contribution is 0.628. The van der Waals surface area contributed by atoms with Crippen molar-refractivity contribution < 1.29 is 4.39 Å². The summed E-state index contributed by atoms with van der Waals surface area (Å²) >= 11 is 6.05. The lowest BCUT2D eigenvalue weighted by atomic mass is 10.1. The van der Waals surface area contributed by atoms with Crippen LogP contribution in [-0.4, -0.2) is 14.6 Å². The summed E-state index contributed by atoms with van der Waals surface area (Å²) in [6.45, 7) is 1.92. The summed E-state index contributed by atoms with van der Waals surface area (Å²) < 4.78 is 14.9. The zero-order valence-corrected chi connectivity index (χ0v) is 14.1. The fourth-order valence-electron chi connectivity index (χ4n) is 2.72. The number of rotatable bonds is 3. The molecule has 0 aliphatic rings. The number of fused-ring (bicyclic) bond motifs is 1. The van der Waals surface area contributed by atoms with Crippen LogP contribution in [0.25, 0.3) is 16.8 Å². The first-order valence-corrected chi connectivity index (χ1v) is 8.12. The first-order chi connectivity index (χ1) is 12.1. The van der Waals surface area contributed by atoms with Crippen molar-refractivity contribution in [2.24, 2.45) is 0 Å². The van der Waals surface area contributed by atoms with Crippen molar-refractivity contribution in [3.8, 4) is 11.1 Å². The number of halogens is 2. The van der Waals surface area contributed by atoms with Crippen LogP contribution in [0.4, 0.5) is 15.9 Å². The molecule has 0 atom stereocenters. The van der Waals surface area contributed by atoms with E-state index in [1.54, 1.807) is 22.8 Å². The van der Waals surface area contributed by atoms with Gasteiger partial charge in [0.25, 0.3) is 0 Å². The maximum Gasteiger partial charge on any atom is 0.165 e. The van der Waals surface area contributed by atoms with E-state index < -0.39 is 0 Å². The van der Waals surface area contributed by atoms with E-state index in [-0.39, 0.29) is 5.82 Å². The summed E-state index contributed by atoms with van der Waals surface area (Å²) in [7, 11) is 0. The van der Waals surface area contributed by atoms with Crippen LogP contribution in [0.3, 0.4) is 0 Å². The second-order valence-corrected chi connectivity index (χ2v) is 6.16. The molecule has 0 saturated carbocycles. The first-order valence-electron chi connectivity index (χ1n) is 7.74. The molecule has 4 rings (SSSR count). The van der Waals surface area contributed by atoms with Gasteiger partial charge in [-0.25, -0.2) is 9.37 Å². The number of benzene rings is 2. The molecular formula is C19H14ClFN4.